The van der Waals surface area contributed by atoms with Crippen molar-refractivity contribution in [3.63, 3.8) is 0 Å². The Morgan fingerprint density at radius 1 is 0.846 bits per heavy atom. The summed E-state index contributed by atoms with van der Waals surface area (Å²) in [6.07, 6.45) is 1.02. The molecule has 0 bridgehead atoms. The van der Waals surface area contributed by atoms with E-state index in [2.05, 4.69) is 72.7 Å². The van der Waals surface area contributed by atoms with Gasteiger partial charge >= 0.3 is 5.97 Å². The Morgan fingerprint density at radius 2 is 1.31 bits per heavy atom. The van der Waals surface area contributed by atoms with Gasteiger partial charge in [-0.05, 0) is 39.6 Å². The second kappa shape index (κ2) is 7.37. The molecular weight excluding hydrogens is 320 g/mol. The van der Waals surface area contributed by atoms with Crippen LogP contribution in [0.2, 0.25) is 0 Å². The minimum atomic E-state index is -0.696. The molecule has 1 aromatic carbocycles. The quantitative estimate of drug-likeness (QED) is 0.592. The van der Waals surface area contributed by atoms with Gasteiger partial charge in [0.2, 0.25) is 0 Å². The second-order valence-electron chi connectivity index (χ2n) is 11.3. The summed E-state index contributed by atoms with van der Waals surface area (Å²) in [5.74, 6) is -0.850. The maximum atomic E-state index is 12.3. The van der Waals surface area contributed by atoms with Crippen molar-refractivity contribution in [3.8, 4) is 0 Å². The molecule has 0 spiro atoms. The largest absolute Gasteiger partial charge is 0.481 e. The Balaban J connectivity index is 3.53. The van der Waals surface area contributed by atoms with Crippen LogP contribution in [0.25, 0.3) is 0 Å². The van der Waals surface area contributed by atoms with E-state index in [-0.39, 0.29) is 27.6 Å². The minimum Gasteiger partial charge on any atom is -0.481 e. The van der Waals surface area contributed by atoms with Gasteiger partial charge < -0.3 is 5.11 Å². The Kier molecular flexibility index (Phi) is 6.44. The molecule has 0 aliphatic heterocycles. The van der Waals surface area contributed by atoms with Crippen molar-refractivity contribution in [2.24, 2.45) is 27.6 Å². The number of hydrogen-bond donors (Lipinski definition) is 1. The van der Waals surface area contributed by atoms with Gasteiger partial charge in [0.1, 0.15) is 0 Å². The Morgan fingerprint density at radius 3 is 1.65 bits per heavy atom. The molecule has 2 atom stereocenters. The summed E-state index contributed by atoms with van der Waals surface area (Å²) in [5.41, 5.74) is 0.573. The standard InChI is InChI=1S/C24H40O2/c1-21(2,3)16-18(17-14-12-11-13-15-17)23(7,8)24(9,10)19(20(25)26)22(4,5)6/h11-15,18-19H,16H2,1-10H3,(H,25,26). The average Bonchev–Trinajstić information content (AvgIpc) is 2.42. The molecule has 0 aromatic heterocycles. The minimum absolute atomic E-state index is 0.161. The topological polar surface area (TPSA) is 37.3 Å². The number of benzene rings is 1. The molecule has 2 nitrogen and oxygen atoms in total. The summed E-state index contributed by atoms with van der Waals surface area (Å²) >= 11 is 0. The van der Waals surface area contributed by atoms with Crippen LogP contribution in [-0.2, 0) is 4.79 Å². The van der Waals surface area contributed by atoms with Crippen LogP contribution in [0.5, 0.6) is 0 Å². The molecule has 0 aliphatic carbocycles. The molecule has 148 valence electrons. The lowest BCUT2D eigenvalue weighted by Crippen LogP contribution is -2.51. The first kappa shape index (κ1) is 22.7. The van der Waals surface area contributed by atoms with E-state index >= 15 is 0 Å². The summed E-state index contributed by atoms with van der Waals surface area (Å²) in [5, 5.41) is 10.1. The van der Waals surface area contributed by atoms with E-state index in [4.69, 9.17) is 0 Å². The first-order chi connectivity index (χ1) is 11.5. The van der Waals surface area contributed by atoms with Crippen LogP contribution in [0.15, 0.2) is 30.3 Å². The smallest absolute Gasteiger partial charge is 0.307 e. The molecule has 0 amide bonds. The number of carbonyl (C=O) groups is 1. The highest BCUT2D eigenvalue weighted by atomic mass is 16.4. The zero-order chi connectivity index (χ0) is 20.6. The maximum Gasteiger partial charge on any atom is 0.307 e. The van der Waals surface area contributed by atoms with Crippen LogP contribution < -0.4 is 0 Å². The molecule has 1 N–H and O–H groups in total. The van der Waals surface area contributed by atoms with E-state index < -0.39 is 11.9 Å². The Hall–Kier alpha value is -1.31. The van der Waals surface area contributed by atoms with Crippen molar-refractivity contribution in [3.05, 3.63) is 35.9 Å². The molecule has 0 aliphatic rings. The molecular formula is C24H40O2. The van der Waals surface area contributed by atoms with E-state index in [9.17, 15) is 9.90 Å². The van der Waals surface area contributed by atoms with E-state index in [0.717, 1.165) is 6.42 Å². The van der Waals surface area contributed by atoms with E-state index in [1.165, 1.54) is 5.56 Å². The fraction of sp³-hybridized carbons (Fsp3) is 0.708. The summed E-state index contributed by atoms with van der Waals surface area (Å²) in [6, 6.07) is 10.6. The number of hydrogen-bond acceptors (Lipinski definition) is 1. The van der Waals surface area contributed by atoms with Gasteiger partial charge in [0.15, 0.2) is 0 Å². The Bertz CT molecular complexity index is 597. The van der Waals surface area contributed by atoms with Crippen molar-refractivity contribution in [1.82, 2.24) is 0 Å². The zero-order valence-electron chi connectivity index (χ0n) is 18.6. The number of carboxylic acid groups (broad SMARTS) is 1. The van der Waals surface area contributed by atoms with E-state index in [0.29, 0.717) is 0 Å². The highest BCUT2D eigenvalue weighted by Crippen LogP contribution is 2.58. The zero-order valence-corrected chi connectivity index (χ0v) is 18.6. The molecule has 0 saturated carbocycles. The van der Waals surface area contributed by atoms with Gasteiger partial charge in [0.25, 0.3) is 0 Å². The summed E-state index contributed by atoms with van der Waals surface area (Å²) in [6.45, 7) is 21.8. The average molecular weight is 361 g/mol. The van der Waals surface area contributed by atoms with Gasteiger partial charge in [-0.1, -0.05) is 99.6 Å². The van der Waals surface area contributed by atoms with Crippen LogP contribution >= 0.6 is 0 Å². The lowest BCUT2D eigenvalue weighted by Gasteiger charge is -2.54. The highest BCUT2D eigenvalue weighted by Gasteiger charge is 2.54. The fourth-order valence-electron chi connectivity index (χ4n) is 4.67. The molecule has 1 aromatic rings. The predicted octanol–water partition coefficient (Wildman–Crippen LogP) is 7.01. The van der Waals surface area contributed by atoms with Gasteiger partial charge in [-0.25, -0.2) is 0 Å². The van der Waals surface area contributed by atoms with Crippen molar-refractivity contribution in [2.75, 3.05) is 0 Å². The summed E-state index contributed by atoms with van der Waals surface area (Å²) < 4.78 is 0. The van der Waals surface area contributed by atoms with Crippen molar-refractivity contribution in [2.45, 2.75) is 81.6 Å². The second-order valence-corrected chi connectivity index (χ2v) is 11.3. The van der Waals surface area contributed by atoms with E-state index in [1.807, 2.05) is 26.8 Å². The first-order valence-electron chi connectivity index (χ1n) is 9.79. The van der Waals surface area contributed by atoms with Gasteiger partial charge in [-0.3, -0.25) is 4.79 Å². The molecule has 1 rings (SSSR count). The third-order valence-corrected chi connectivity index (χ3v) is 6.38. The van der Waals surface area contributed by atoms with Crippen LogP contribution in [0.4, 0.5) is 0 Å². The van der Waals surface area contributed by atoms with Crippen molar-refractivity contribution < 1.29 is 9.90 Å². The SMILES string of the molecule is CC(C)(C)CC(c1ccccc1)C(C)(C)C(C)(C)C(C(=O)O)C(C)(C)C. The van der Waals surface area contributed by atoms with E-state index in [1.54, 1.807) is 0 Å². The molecule has 0 saturated heterocycles. The van der Waals surface area contributed by atoms with Gasteiger partial charge in [-0.2, -0.15) is 0 Å². The van der Waals surface area contributed by atoms with Gasteiger partial charge in [0, 0.05) is 0 Å². The summed E-state index contributed by atoms with van der Waals surface area (Å²) in [4.78, 5) is 12.3. The lowest BCUT2D eigenvalue weighted by atomic mass is 9.49. The summed E-state index contributed by atoms with van der Waals surface area (Å²) in [7, 11) is 0. The first-order valence-corrected chi connectivity index (χ1v) is 9.79. The third-order valence-electron chi connectivity index (χ3n) is 6.38. The van der Waals surface area contributed by atoms with Crippen LogP contribution in [0.1, 0.15) is 87.1 Å². The fourth-order valence-corrected chi connectivity index (χ4v) is 4.67. The Labute approximate surface area is 161 Å². The number of rotatable bonds is 6. The van der Waals surface area contributed by atoms with Crippen LogP contribution in [0, 0.1) is 27.6 Å². The monoisotopic (exact) mass is 360 g/mol. The normalized spacial score (nSPS) is 16.2. The molecule has 0 fully saturated rings. The molecule has 26 heavy (non-hydrogen) atoms. The molecule has 2 heteroatoms. The predicted molar refractivity (Wildman–Crippen MR) is 111 cm³/mol. The molecule has 2 unspecified atom stereocenters. The van der Waals surface area contributed by atoms with Crippen LogP contribution in [0.3, 0.4) is 0 Å². The van der Waals surface area contributed by atoms with Crippen molar-refractivity contribution in [1.29, 1.82) is 0 Å². The van der Waals surface area contributed by atoms with Crippen LogP contribution in [-0.4, -0.2) is 11.1 Å². The molecule has 0 heterocycles. The third kappa shape index (κ3) is 4.90. The molecule has 0 radical (unpaired) electrons. The lowest BCUT2D eigenvalue weighted by molar-refractivity contribution is -0.158. The number of carboxylic acids is 1. The van der Waals surface area contributed by atoms with Crippen molar-refractivity contribution >= 4 is 5.97 Å². The van der Waals surface area contributed by atoms with Gasteiger partial charge in [0.05, 0.1) is 5.92 Å². The highest BCUT2D eigenvalue weighted by molar-refractivity contribution is 5.72. The maximum absolute atomic E-state index is 12.3. The van der Waals surface area contributed by atoms with Gasteiger partial charge in [-0.15, -0.1) is 0 Å². The number of aliphatic carboxylic acids is 1.